The summed E-state index contributed by atoms with van der Waals surface area (Å²) in [5, 5.41) is 0. The second-order valence-electron chi connectivity index (χ2n) is 2.99. The first-order valence-corrected chi connectivity index (χ1v) is 5.10. The van der Waals surface area contributed by atoms with Gasteiger partial charge in [-0.1, -0.05) is 28.1 Å². The van der Waals surface area contributed by atoms with E-state index in [4.69, 9.17) is 9.47 Å². The van der Waals surface area contributed by atoms with Crippen LogP contribution in [-0.2, 0) is 9.47 Å². The second-order valence-corrected chi connectivity index (χ2v) is 3.90. The zero-order chi connectivity index (χ0) is 9.10. The van der Waals surface area contributed by atoms with Gasteiger partial charge in [0.15, 0.2) is 0 Å². The highest BCUT2D eigenvalue weighted by Gasteiger charge is 2.15. The number of hydrogen-bond donors (Lipinski definition) is 0. The third-order valence-corrected chi connectivity index (χ3v) is 2.59. The maximum absolute atomic E-state index is 5.56. The number of benzene rings is 1. The monoisotopic (exact) mass is 242 g/mol. The molecule has 0 aliphatic carbocycles. The Labute approximate surface area is 86.0 Å². The van der Waals surface area contributed by atoms with Crippen LogP contribution in [-0.4, -0.2) is 19.8 Å². The molecule has 1 aromatic carbocycles. The molecular weight excluding hydrogens is 232 g/mol. The minimum Gasteiger partial charge on any atom is -0.376 e. The van der Waals surface area contributed by atoms with E-state index in [2.05, 4.69) is 28.1 Å². The molecule has 1 aliphatic rings. The van der Waals surface area contributed by atoms with Gasteiger partial charge in [0.1, 0.15) is 6.10 Å². The number of ether oxygens (including phenoxy) is 2. The molecule has 0 saturated carbocycles. The molecule has 0 radical (unpaired) electrons. The molecule has 0 spiro atoms. The SMILES string of the molecule is Brc1ccc(C2COCCO2)cc1. The van der Waals surface area contributed by atoms with Crippen LogP contribution in [0.4, 0.5) is 0 Å². The number of rotatable bonds is 1. The highest BCUT2D eigenvalue weighted by molar-refractivity contribution is 9.10. The molecule has 70 valence electrons. The van der Waals surface area contributed by atoms with E-state index in [0.29, 0.717) is 19.8 Å². The molecule has 1 saturated heterocycles. The lowest BCUT2D eigenvalue weighted by molar-refractivity contribution is -0.0901. The molecule has 0 bridgehead atoms. The van der Waals surface area contributed by atoms with Gasteiger partial charge < -0.3 is 9.47 Å². The van der Waals surface area contributed by atoms with Gasteiger partial charge in [-0.15, -0.1) is 0 Å². The van der Waals surface area contributed by atoms with Crippen molar-refractivity contribution in [3.8, 4) is 0 Å². The average molecular weight is 243 g/mol. The van der Waals surface area contributed by atoms with Crippen LogP contribution in [0.1, 0.15) is 11.7 Å². The average Bonchev–Trinajstić information content (AvgIpc) is 2.20. The highest BCUT2D eigenvalue weighted by Crippen LogP contribution is 2.22. The summed E-state index contributed by atoms with van der Waals surface area (Å²) in [6, 6.07) is 8.16. The molecule has 0 amide bonds. The molecule has 2 rings (SSSR count). The Bertz CT molecular complexity index is 265. The van der Waals surface area contributed by atoms with Crippen molar-refractivity contribution >= 4 is 15.9 Å². The van der Waals surface area contributed by atoms with Gasteiger partial charge in [0.05, 0.1) is 19.8 Å². The summed E-state index contributed by atoms with van der Waals surface area (Å²) in [5.41, 5.74) is 1.18. The lowest BCUT2D eigenvalue weighted by Gasteiger charge is -2.23. The highest BCUT2D eigenvalue weighted by atomic mass is 79.9. The van der Waals surface area contributed by atoms with Crippen LogP contribution >= 0.6 is 15.9 Å². The van der Waals surface area contributed by atoms with Gasteiger partial charge in [0.2, 0.25) is 0 Å². The first-order chi connectivity index (χ1) is 6.36. The fourth-order valence-corrected chi connectivity index (χ4v) is 1.62. The summed E-state index contributed by atoms with van der Waals surface area (Å²) < 4.78 is 12.0. The van der Waals surface area contributed by atoms with E-state index >= 15 is 0 Å². The molecule has 13 heavy (non-hydrogen) atoms. The van der Waals surface area contributed by atoms with Gasteiger partial charge in [0.25, 0.3) is 0 Å². The van der Waals surface area contributed by atoms with Gasteiger partial charge in [0, 0.05) is 4.47 Å². The van der Waals surface area contributed by atoms with E-state index < -0.39 is 0 Å². The van der Waals surface area contributed by atoms with Crippen molar-refractivity contribution in [2.24, 2.45) is 0 Å². The van der Waals surface area contributed by atoms with Crippen molar-refractivity contribution in [3.05, 3.63) is 34.3 Å². The molecular formula is C10H11BrO2. The third kappa shape index (κ3) is 2.30. The Balaban J connectivity index is 2.10. The Kier molecular flexibility index (Phi) is 2.98. The van der Waals surface area contributed by atoms with E-state index in [-0.39, 0.29) is 6.10 Å². The molecule has 1 fully saturated rings. The Morgan fingerprint density at radius 3 is 2.54 bits per heavy atom. The first-order valence-electron chi connectivity index (χ1n) is 4.31. The van der Waals surface area contributed by atoms with Crippen molar-refractivity contribution in [2.75, 3.05) is 19.8 Å². The molecule has 3 heteroatoms. The summed E-state index contributed by atoms with van der Waals surface area (Å²) in [7, 11) is 0. The van der Waals surface area contributed by atoms with Gasteiger partial charge >= 0.3 is 0 Å². The lowest BCUT2D eigenvalue weighted by atomic mass is 10.1. The van der Waals surface area contributed by atoms with E-state index in [1.807, 2.05) is 12.1 Å². The van der Waals surface area contributed by atoms with Gasteiger partial charge in [-0.05, 0) is 17.7 Å². The van der Waals surface area contributed by atoms with Gasteiger partial charge in [-0.25, -0.2) is 0 Å². The first kappa shape index (κ1) is 9.19. The van der Waals surface area contributed by atoms with Gasteiger partial charge in [-0.2, -0.15) is 0 Å². The molecule has 1 aromatic rings. The molecule has 1 heterocycles. The van der Waals surface area contributed by atoms with Crippen molar-refractivity contribution in [1.82, 2.24) is 0 Å². The standard InChI is InChI=1S/C10H11BrO2/c11-9-3-1-8(2-4-9)10-7-12-5-6-13-10/h1-4,10H,5-7H2. The van der Waals surface area contributed by atoms with E-state index in [0.717, 1.165) is 4.47 Å². The van der Waals surface area contributed by atoms with Gasteiger partial charge in [-0.3, -0.25) is 0 Å². The predicted molar refractivity (Wildman–Crippen MR) is 53.7 cm³/mol. The Morgan fingerprint density at radius 2 is 1.92 bits per heavy atom. The Hall–Kier alpha value is -0.380. The summed E-state index contributed by atoms with van der Waals surface area (Å²) in [6.07, 6.45) is 0.113. The lowest BCUT2D eigenvalue weighted by Crippen LogP contribution is -2.21. The van der Waals surface area contributed by atoms with E-state index in [1.165, 1.54) is 5.56 Å². The smallest absolute Gasteiger partial charge is 0.106 e. The minimum absolute atomic E-state index is 0.113. The van der Waals surface area contributed by atoms with Crippen molar-refractivity contribution < 1.29 is 9.47 Å². The largest absolute Gasteiger partial charge is 0.376 e. The maximum atomic E-state index is 5.56. The second kappa shape index (κ2) is 4.22. The number of halogens is 1. The molecule has 2 nitrogen and oxygen atoms in total. The molecule has 1 aliphatic heterocycles. The molecule has 1 atom stereocenters. The molecule has 1 unspecified atom stereocenters. The minimum atomic E-state index is 0.113. The van der Waals surface area contributed by atoms with Crippen molar-refractivity contribution in [1.29, 1.82) is 0 Å². The number of hydrogen-bond acceptors (Lipinski definition) is 2. The summed E-state index contributed by atoms with van der Waals surface area (Å²) in [4.78, 5) is 0. The van der Waals surface area contributed by atoms with Crippen LogP contribution in [0.15, 0.2) is 28.7 Å². The zero-order valence-corrected chi connectivity index (χ0v) is 8.79. The Morgan fingerprint density at radius 1 is 1.15 bits per heavy atom. The van der Waals surface area contributed by atoms with E-state index in [1.54, 1.807) is 0 Å². The summed E-state index contributed by atoms with van der Waals surface area (Å²) in [6.45, 7) is 2.08. The van der Waals surface area contributed by atoms with Crippen molar-refractivity contribution in [3.63, 3.8) is 0 Å². The van der Waals surface area contributed by atoms with Crippen LogP contribution < -0.4 is 0 Å². The third-order valence-electron chi connectivity index (χ3n) is 2.06. The van der Waals surface area contributed by atoms with Crippen LogP contribution in [0, 0.1) is 0 Å². The fourth-order valence-electron chi connectivity index (χ4n) is 1.36. The quantitative estimate of drug-likeness (QED) is 0.754. The predicted octanol–water partition coefficient (Wildman–Crippen LogP) is 2.54. The topological polar surface area (TPSA) is 18.5 Å². The van der Waals surface area contributed by atoms with Crippen LogP contribution in [0.5, 0.6) is 0 Å². The summed E-state index contributed by atoms with van der Waals surface area (Å²) >= 11 is 3.40. The van der Waals surface area contributed by atoms with E-state index in [9.17, 15) is 0 Å². The molecule has 0 aromatic heterocycles. The fraction of sp³-hybridized carbons (Fsp3) is 0.400. The van der Waals surface area contributed by atoms with Crippen LogP contribution in [0.25, 0.3) is 0 Å². The van der Waals surface area contributed by atoms with Crippen LogP contribution in [0.2, 0.25) is 0 Å². The normalized spacial score (nSPS) is 23.0. The van der Waals surface area contributed by atoms with Crippen molar-refractivity contribution in [2.45, 2.75) is 6.10 Å². The van der Waals surface area contributed by atoms with Crippen LogP contribution in [0.3, 0.4) is 0 Å². The summed E-state index contributed by atoms with van der Waals surface area (Å²) in [5.74, 6) is 0. The maximum Gasteiger partial charge on any atom is 0.106 e. The zero-order valence-electron chi connectivity index (χ0n) is 7.20. The molecule has 0 N–H and O–H groups in total.